The fraction of sp³-hybridized carbons (Fsp3) is 0.133. The number of anilines is 1. The van der Waals surface area contributed by atoms with Crippen LogP contribution in [0.1, 0.15) is 15.9 Å². The van der Waals surface area contributed by atoms with Crippen LogP contribution in [-0.2, 0) is 6.42 Å². The van der Waals surface area contributed by atoms with Gasteiger partial charge in [0.25, 0.3) is 5.91 Å². The minimum atomic E-state index is -0.722. The highest BCUT2D eigenvalue weighted by atomic mass is 127. The molecule has 0 unspecified atom stereocenters. The molecule has 0 saturated heterocycles. The fourth-order valence-electron chi connectivity index (χ4n) is 2.44. The molecule has 0 fully saturated rings. The van der Waals surface area contributed by atoms with Crippen LogP contribution < -0.4 is 4.90 Å². The first kappa shape index (κ1) is 14.4. The first-order valence-corrected chi connectivity index (χ1v) is 7.30. The fourth-order valence-corrected chi connectivity index (χ4v) is 3.15. The predicted octanol–water partition coefficient (Wildman–Crippen LogP) is 3.91. The molecule has 6 heteroatoms. The normalized spacial score (nSPS) is 13.4. The van der Waals surface area contributed by atoms with Crippen molar-refractivity contribution in [3.8, 4) is 0 Å². The van der Waals surface area contributed by atoms with E-state index in [0.29, 0.717) is 21.1 Å². The lowest BCUT2D eigenvalue weighted by molar-refractivity contribution is 0.0988. The first-order valence-electron chi connectivity index (χ1n) is 6.22. The second-order valence-corrected chi connectivity index (χ2v) is 5.88. The largest absolute Gasteiger partial charge is 0.308 e. The Morgan fingerprint density at radius 3 is 2.57 bits per heavy atom. The number of hydrogen-bond donors (Lipinski definition) is 0. The third-order valence-corrected chi connectivity index (χ3v) is 4.31. The summed E-state index contributed by atoms with van der Waals surface area (Å²) in [6.07, 6.45) is 0.338. The van der Waals surface area contributed by atoms with Gasteiger partial charge in [0.15, 0.2) is 0 Å². The molecule has 21 heavy (non-hydrogen) atoms. The number of fused-ring (bicyclic) bond motifs is 1. The van der Waals surface area contributed by atoms with E-state index in [9.17, 15) is 18.0 Å². The lowest BCUT2D eigenvalue weighted by Crippen LogP contribution is -2.29. The lowest BCUT2D eigenvalue weighted by atomic mass is 10.1. The van der Waals surface area contributed by atoms with Crippen LogP contribution in [0.15, 0.2) is 30.3 Å². The topological polar surface area (TPSA) is 20.3 Å². The van der Waals surface area contributed by atoms with Gasteiger partial charge in [-0.05, 0) is 53.3 Å². The van der Waals surface area contributed by atoms with Gasteiger partial charge >= 0.3 is 0 Å². The van der Waals surface area contributed by atoms with Crippen LogP contribution in [0.5, 0.6) is 0 Å². The molecule has 0 radical (unpaired) electrons. The number of amides is 1. The molecule has 0 aromatic heterocycles. The molecular weight excluding hydrogens is 394 g/mol. The van der Waals surface area contributed by atoms with E-state index in [4.69, 9.17) is 0 Å². The molecule has 1 amide bonds. The zero-order chi connectivity index (χ0) is 15.1. The highest BCUT2D eigenvalue weighted by Crippen LogP contribution is 2.32. The highest BCUT2D eigenvalue weighted by Gasteiger charge is 2.29. The molecule has 0 aliphatic carbocycles. The Labute approximate surface area is 132 Å². The average molecular weight is 403 g/mol. The summed E-state index contributed by atoms with van der Waals surface area (Å²) in [5.74, 6) is -2.19. The molecule has 2 aromatic carbocycles. The highest BCUT2D eigenvalue weighted by molar-refractivity contribution is 14.1. The quantitative estimate of drug-likeness (QED) is 0.662. The summed E-state index contributed by atoms with van der Waals surface area (Å²) in [5.41, 5.74) is 0.897. The summed E-state index contributed by atoms with van der Waals surface area (Å²) in [4.78, 5) is 13.8. The van der Waals surface area contributed by atoms with Crippen molar-refractivity contribution < 1.29 is 18.0 Å². The molecule has 1 aliphatic heterocycles. The molecule has 1 aliphatic rings. The van der Waals surface area contributed by atoms with Gasteiger partial charge in [-0.1, -0.05) is 0 Å². The summed E-state index contributed by atoms with van der Waals surface area (Å²) < 4.78 is 40.6. The second-order valence-electron chi connectivity index (χ2n) is 4.72. The number of carbonyl (C=O) groups is 1. The predicted molar refractivity (Wildman–Crippen MR) is 80.9 cm³/mol. The zero-order valence-electron chi connectivity index (χ0n) is 10.7. The van der Waals surface area contributed by atoms with Crippen LogP contribution in [0.25, 0.3) is 0 Å². The van der Waals surface area contributed by atoms with Crippen LogP contribution in [0.2, 0.25) is 0 Å². The molecule has 108 valence electrons. The van der Waals surface area contributed by atoms with Gasteiger partial charge in [0.05, 0.1) is 11.3 Å². The van der Waals surface area contributed by atoms with Gasteiger partial charge in [-0.25, -0.2) is 13.2 Å². The van der Waals surface area contributed by atoms with E-state index in [1.807, 2.05) is 22.6 Å². The minimum absolute atomic E-state index is 0.248. The smallest absolute Gasteiger partial charge is 0.259 e. The van der Waals surface area contributed by atoms with E-state index in [0.717, 1.165) is 12.1 Å². The van der Waals surface area contributed by atoms with Crippen LogP contribution in [-0.4, -0.2) is 12.5 Å². The average Bonchev–Trinajstić information content (AvgIpc) is 2.82. The number of carbonyl (C=O) groups excluding carboxylic acids is 1. The Morgan fingerprint density at radius 2 is 1.86 bits per heavy atom. The number of nitrogens with zero attached hydrogens (tertiary/aromatic N) is 1. The van der Waals surface area contributed by atoms with Gasteiger partial charge in [-0.3, -0.25) is 4.79 Å². The van der Waals surface area contributed by atoms with Crippen molar-refractivity contribution in [3.63, 3.8) is 0 Å². The van der Waals surface area contributed by atoms with Crippen LogP contribution in [0.3, 0.4) is 0 Å². The maximum Gasteiger partial charge on any atom is 0.259 e. The molecule has 2 nitrogen and oxygen atoms in total. The van der Waals surface area contributed by atoms with Crippen molar-refractivity contribution in [2.45, 2.75) is 6.42 Å². The third kappa shape index (κ3) is 2.52. The lowest BCUT2D eigenvalue weighted by Gasteiger charge is -2.18. The maximum atomic E-state index is 13.7. The Hall–Kier alpha value is -1.57. The van der Waals surface area contributed by atoms with Gasteiger partial charge in [0.2, 0.25) is 0 Å². The van der Waals surface area contributed by atoms with Crippen LogP contribution in [0.4, 0.5) is 18.9 Å². The van der Waals surface area contributed by atoms with Crippen LogP contribution >= 0.6 is 22.6 Å². The van der Waals surface area contributed by atoms with Gasteiger partial charge < -0.3 is 4.90 Å². The molecule has 0 bridgehead atoms. The van der Waals surface area contributed by atoms with Crippen molar-refractivity contribution in [2.24, 2.45) is 0 Å². The number of halogens is 4. The van der Waals surface area contributed by atoms with Crippen molar-refractivity contribution in [1.29, 1.82) is 0 Å². The Morgan fingerprint density at radius 1 is 1.10 bits per heavy atom. The Balaban J connectivity index is 2.02. The van der Waals surface area contributed by atoms with Crippen molar-refractivity contribution in [2.75, 3.05) is 11.4 Å². The summed E-state index contributed by atoms with van der Waals surface area (Å²) in [6.45, 7) is 0.280. The maximum absolute atomic E-state index is 13.7. The van der Waals surface area contributed by atoms with Crippen molar-refractivity contribution >= 4 is 34.2 Å². The van der Waals surface area contributed by atoms with Gasteiger partial charge in [-0.2, -0.15) is 0 Å². The molecule has 0 spiro atoms. The van der Waals surface area contributed by atoms with E-state index >= 15 is 0 Å². The van der Waals surface area contributed by atoms with E-state index in [1.54, 1.807) is 0 Å². The molecular formula is C15H9F3INO. The SMILES string of the molecule is O=C(c1ccc(F)cc1I)N1CCc2c(F)cc(F)cc21. The van der Waals surface area contributed by atoms with Crippen LogP contribution in [0, 0.1) is 21.0 Å². The van der Waals surface area contributed by atoms with E-state index in [2.05, 4.69) is 0 Å². The minimum Gasteiger partial charge on any atom is -0.308 e. The molecule has 0 saturated carbocycles. The summed E-state index contributed by atoms with van der Waals surface area (Å²) >= 11 is 1.87. The number of benzene rings is 2. The molecule has 0 N–H and O–H groups in total. The first-order chi connectivity index (χ1) is 9.97. The number of rotatable bonds is 1. The van der Waals surface area contributed by atoms with E-state index in [-0.39, 0.29) is 18.1 Å². The Kier molecular flexibility index (Phi) is 3.64. The van der Waals surface area contributed by atoms with Gasteiger partial charge in [0.1, 0.15) is 17.5 Å². The summed E-state index contributed by atoms with van der Waals surface area (Å²) in [5, 5.41) is 0. The Bertz CT molecular complexity index is 748. The monoisotopic (exact) mass is 403 g/mol. The zero-order valence-corrected chi connectivity index (χ0v) is 12.8. The summed E-state index contributed by atoms with van der Waals surface area (Å²) in [7, 11) is 0. The van der Waals surface area contributed by atoms with Gasteiger partial charge in [0, 0.05) is 21.7 Å². The van der Waals surface area contributed by atoms with Crippen molar-refractivity contribution in [1.82, 2.24) is 0 Å². The molecule has 1 heterocycles. The number of hydrogen-bond acceptors (Lipinski definition) is 1. The van der Waals surface area contributed by atoms with Gasteiger partial charge in [-0.15, -0.1) is 0 Å². The second kappa shape index (κ2) is 5.32. The van der Waals surface area contributed by atoms with E-state index in [1.165, 1.54) is 23.1 Å². The molecule has 0 atom stereocenters. The molecule has 2 aromatic rings. The van der Waals surface area contributed by atoms with E-state index < -0.39 is 17.5 Å². The standard InChI is InChI=1S/C15H9F3INO/c16-8-1-2-11(13(19)6-8)15(21)20-4-3-10-12(18)5-9(17)7-14(10)20/h1-2,5-7H,3-4H2. The third-order valence-electron chi connectivity index (χ3n) is 3.42. The summed E-state index contributed by atoms with van der Waals surface area (Å²) in [6, 6.07) is 5.79. The van der Waals surface area contributed by atoms with Crippen molar-refractivity contribution in [3.05, 3.63) is 62.5 Å². The molecule has 3 rings (SSSR count).